The van der Waals surface area contributed by atoms with E-state index >= 15 is 0 Å². The van der Waals surface area contributed by atoms with E-state index in [1.807, 2.05) is 4.90 Å². The molecule has 0 aromatic carbocycles. The largest absolute Gasteiger partial charge is 0.339 e. The smallest absolute Gasteiger partial charge is 0.240 e. The molecule has 2 saturated heterocycles. The van der Waals surface area contributed by atoms with Crippen LogP contribution in [0.3, 0.4) is 0 Å². The van der Waals surface area contributed by atoms with Crippen molar-refractivity contribution in [2.75, 3.05) is 36.2 Å². The fourth-order valence-electron chi connectivity index (χ4n) is 1.63. The Hall–Kier alpha value is -0.0700. The van der Waals surface area contributed by atoms with E-state index in [9.17, 15) is 9.00 Å². The van der Waals surface area contributed by atoms with E-state index in [0.29, 0.717) is 24.6 Å². The molecule has 14 heavy (non-hydrogen) atoms. The van der Waals surface area contributed by atoms with Gasteiger partial charge in [-0.15, -0.1) is 11.8 Å². The van der Waals surface area contributed by atoms with Crippen LogP contribution in [0.5, 0.6) is 0 Å². The molecule has 1 unspecified atom stereocenters. The lowest BCUT2D eigenvalue weighted by atomic mass is 10.3. The Balaban J connectivity index is 1.88. The SMILES string of the molecule is O=C(C1CSCN1)N1CCS(=O)CC1. The number of carbonyl (C=O) groups is 1. The minimum atomic E-state index is -0.698. The van der Waals surface area contributed by atoms with Crippen LogP contribution in [-0.4, -0.2) is 57.3 Å². The highest BCUT2D eigenvalue weighted by Crippen LogP contribution is 2.13. The lowest BCUT2D eigenvalue weighted by Gasteiger charge is -2.28. The average molecular weight is 234 g/mol. The van der Waals surface area contributed by atoms with E-state index < -0.39 is 10.8 Å². The minimum Gasteiger partial charge on any atom is -0.339 e. The van der Waals surface area contributed by atoms with Crippen LogP contribution in [0.15, 0.2) is 0 Å². The zero-order valence-corrected chi connectivity index (χ0v) is 9.53. The number of hydrogen-bond acceptors (Lipinski definition) is 4. The second-order valence-corrected chi connectivity index (χ2v) is 6.17. The minimum absolute atomic E-state index is 0.00784. The Bertz CT molecular complexity index is 244. The number of rotatable bonds is 1. The molecule has 0 bridgehead atoms. The van der Waals surface area contributed by atoms with Gasteiger partial charge in [0.05, 0.1) is 6.04 Å². The third-order valence-corrected chi connectivity index (χ3v) is 4.72. The molecule has 6 heteroatoms. The van der Waals surface area contributed by atoms with Crippen molar-refractivity contribution in [2.24, 2.45) is 0 Å². The summed E-state index contributed by atoms with van der Waals surface area (Å²) in [5.41, 5.74) is 0. The molecule has 1 atom stereocenters. The van der Waals surface area contributed by atoms with E-state index in [1.165, 1.54) is 0 Å². The number of nitrogens with one attached hydrogen (secondary N) is 1. The summed E-state index contributed by atoms with van der Waals surface area (Å²) in [4.78, 5) is 13.7. The Morgan fingerprint density at radius 1 is 1.43 bits per heavy atom. The molecule has 1 amide bonds. The third-order valence-electron chi connectivity index (χ3n) is 2.50. The van der Waals surface area contributed by atoms with E-state index in [0.717, 1.165) is 11.6 Å². The van der Waals surface area contributed by atoms with Crippen molar-refractivity contribution in [3.05, 3.63) is 0 Å². The summed E-state index contributed by atoms with van der Waals surface area (Å²) < 4.78 is 11.1. The van der Waals surface area contributed by atoms with Gasteiger partial charge in [0.2, 0.25) is 5.91 Å². The maximum Gasteiger partial charge on any atom is 0.240 e. The van der Waals surface area contributed by atoms with Crippen molar-refractivity contribution in [1.82, 2.24) is 10.2 Å². The van der Waals surface area contributed by atoms with Crippen LogP contribution in [-0.2, 0) is 15.6 Å². The number of thioether (sulfide) groups is 1. The van der Waals surface area contributed by atoms with Crippen LogP contribution in [0.1, 0.15) is 0 Å². The molecular formula is C8H14N2O2S2. The van der Waals surface area contributed by atoms with Gasteiger partial charge in [0.25, 0.3) is 0 Å². The molecule has 0 radical (unpaired) electrons. The van der Waals surface area contributed by atoms with E-state index in [1.54, 1.807) is 11.8 Å². The Kier molecular flexibility index (Phi) is 3.46. The van der Waals surface area contributed by atoms with Crippen LogP contribution >= 0.6 is 11.8 Å². The van der Waals surface area contributed by atoms with Gasteiger partial charge < -0.3 is 4.90 Å². The molecule has 4 nitrogen and oxygen atoms in total. The van der Waals surface area contributed by atoms with Crippen LogP contribution in [0.4, 0.5) is 0 Å². The zero-order valence-electron chi connectivity index (χ0n) is 7.90. The zero-order chi connectivity index (χ0) is 9.97. The van der Waals surface area contributed by atoms with Crippen LogP contribution < -0.4 is 5.32 Å². The van der Waals surface area contributed by atoms with Gasteiger partial charge in [-0.2, -0.15) is 0 Å². The topological polar surface area (TPSA) is 49.4 Å². The molecular weight excluding hydrogens is 220 g/mol. The average Bonchev–Trinajstić information content (AvgIpc) is 2.71. The fraction of sp³-hybridized carbons (Fsp3) is 0.875. The molecule has 0 spiro atoms. The first-order valence-corrected chi connectivity index (χ1v) is 7.36. The van der Waals surface area contributed by atoms with E-state index in [-0.39, 0.29) is 11.9 Å². The molecule has 80 valence electrons. The molecule has 0 aromatic heterocycles. The van der Waals surface area contributed by atoms with Crippen molar-refractivity contribution >= 4 is 28.5 Å². The fourth-order valence-corrected chi connectivity index (χ4v) is 3.62. The van der Waals surface area contributed by atoms with Gasteiger partial charge in [0, 0.05) is 47.0 Å². The lowest BCUT2D eigenvalue weighted by Crippen LogP contribution is -2.49. The van der Waals surface area contributed by atoms with Crippen LogP contribution in [0, 0.1) is 0 Å². The standard InChI is InChI=1S/C8H14N2O2S2/c11-8(7-5-13-6-9-7)10-1-3-14(12)4-2-10/h7,9H,1-6H2. The molecule has 2 aliphatic rings. The number of hydrogen-bond donors (Lipinski definition) is 1. The highest BCUT2D eigenvalue weighted by molar-refractivity contribution is 7.99. The predicted molar refractivity (Wildman–Crippen MR) is 58.7 cm³/mol. The molecule has 1 N–H and O–H groups in total. The highest BCUT2D eigenvalue weighted by atomic mass is 32.2. The first-order valence-electron chi connectivity index (χ1n) is 4.72. The van der Waals surface area contributed by atoms with Crippen molar-refractivity contribution in [3.63, 3.8) is 0 Å². The summed E-state index contributed by atoms with van der Waals surface area (Å²) in [5.74, 6) is 3.22. The van der Waals surface area contributed by atoms with Gasteiger partial charge >= 0.3 is 0 Å². The maximum absolute atomic E-state index is 11.9. The number of amides is 1. The molecule has 2 heterocycles. The van der Waals surface area contributed by atoms with Crippen molar-refractivity contribution < 1.29 is 9.00 Å². The van der Waals surface area contributed by atoms with E-state index in [2.05, 4.69) is 5.32 Å². The Morgan fingerprint density at radius 3 is 2.71 bits per heavy atom. The number of nitrogens with zero attached hydrogens (tertiary/aromatic N) is 1. The van der Waals surface area contributed by atoms with Crippen molar-refractivity contribution in [3.8, 4) is 0 Å². The summed E-state index contributed by atoms with van der Waals surface area (Å²) >= 11 is 1.76. The normalized spacial score (nSPS) is 29.4. The highest BCUT2D eigenvalue weighted by Gasteiger charge is 2.28. The van der Waals surface area contributed by atoms with Gasteiger partial charge in [-0.3, -0.25) is 14.3 Å². The van der Waals surface area contributed by atoms with Gasteiger partial charge in [-0.05, 0) is 0 Å². The van der Waals surface area contributed by atoms with Gasteiger partial charge in [0.15, 0.2) is 0 Å². The van der Waals surface area contributed by atoms with Gasteiger partial charge in [0.1, 0.15) is 0 Å². The van der Waals surface area contributed by atoms with Crippen LogP contribution in [0.2, 0.25) is 0 Å². The Morgan fingerprint density at radius 2 is 2.14 bits per heavy atom. The Labute approximate surface area is 90.3 Å². The van der Waals surface area contributed by atoms with Crippen molar-refractivity contribution in [1.29, 1.82) is 0 Å². The molecule has 0 aliphatic carbocycles. The molecule has 2 rings (SSSR count). The van der Waals surface area contributed by atoms with Crippen molar-refractivity contribution in [2.45, 2.75) is 6.04 Å². The molecule has 0 saturated carbocycles. The summed E-state index contributed by atoms with van der Waals surface area (Å²) in [5, 5.41) is 3.16. The van der Waals surface area contributed by atoms with Gasteiger partial charge in [-0.25, -0.2) is 0 Å². The monoisotopic (exact) mass is 234 g/mol. The number of carbonyl (C=O) groups excluding carboxylic acids is 1. The maximum atomic E-state index is 11.9. The third kappa shape index (κ3) is 2.29. The molecule has 2 aliphatic heterocycles. The quantitative estimate of drug-likeness (QED) is 0.648. The molecule has 2 fully saturated rings. The second kappa shape index (κ2) is 4.63. The first kappa shape index (κ1) is 10.4. The van der Waals surface area contributed by atoms with Crippen LogP contribution in [0.25, 0.3) is 0 Å². The van der Waals surface area contributed by atoms with Gasteiger partial charge in [-0.1, -0.05) is 0 Å². The molecule has 0 aromatic rings. The second-order valence-electron chi connectivity index (χ2n) is 3.45. The summed E-state index contributed by atoms with van der Waals surface area (Å²) in [7, 11) is -0.698. The summed E-state index contributed by atoms with van der Waals surface area (Å²) in [6.07, 6.45) is 0. The van der Waals surface area contributed by atoms with E-state index in [4.69, 9.17) is 0 Å². The summed E-state index contributed by atoms with van der Waals surface area (Å²) in [6, 6.07) is -0.00784. The lowest BCUT2D eigenvalue weighted by molar-refractivity contribution is -0.132. The first-order chi connectivity index (χ1) is 6.77. The predicted octanol–water partition coefficient (Wildman–Crippen LogP) is -0.760. The summed E-state index contributed by atoms with van der Waals surface area (Å²) in [6.45, 7) is 1.32.